The van der Waals surface area contributed by atoms with Crippen molar-refractivity contribution in [3.8, 4) is 5.88 Å². The highest BCUT2D eigenvalue weighted by Gasteiger charge is 2.06. The van der Waals surface area contributed by atoms with E-state index in [0.29, 0.717) is 23.7 Å². The van der Waals surface area contributed by atoms with Crippen molar-refractivity contribution in [1.82, 2.24) is 10.3 Å². The third kappa shape index (κ3) is 4.31. The van der Waals surface area contributed by atoms with Gasteiger partial charge in [0.25, 0.3) is 5.91 Å². The number of hydrogen-bond donors (Lipinski definition) is 2. The van der Waals surface area contributed by atoms with Gasteiger partial charge in [0.1, 0.15) is 0 Å². The van der Waals surface area contributed by atoms with Gasteiger partial charge in [-0.15, -0.1) is 0 Å². The van der Waals surface area contributed by atoms with Gasteiger partial charge in [-0.3, -0.25) is 9.59 Å². The molecular weight excluding hydrogens is 282 g/mol. The van der Waals surface area contributed by atoms with Crippen molar-refractivity contribution in [2.75, 3.05) is 12.4 Å². The molecule has 6 nitrogen and oxygen atoms in total. The molecule has 0 bridgehead atoms. The van der Waals surface area contributed by atoms with Crippen LogP contribution in [-0.2, 0) is 11.3 Å². The Balaban J connectivity index is 1.98. The number of amides is 2. The highest BCUT2D eigenvalue weighted by molar-refractivity contribution is 6.04. The summed E-state index contributed by atoms with van der Waals surface area (Å²) in [6.07, 6.45) is 1.53. The number of ether oxygens (including phenoxy) is 1. The largest absolute Gasteiger partial charge is 0.481 e. The number of aromatic nitrogens is 1. The molecule has 2 aromatic rings. The van der Waals surface area contributed by atoms with Crippen molar-refractivity contribution in [1.29, 1.82) is 0 Å². The second-order valence-electron chi connectivity index (χ2n) is 4.65. The molecule has 1 heterocycles. The Labute approximate surface area is 128 Å². The van der Waals surface area contributed by atoms with Gasteiger partial charge in [-0.2, -0.15) is 0 Å². The first-order valence-corrected chi connectivity index (χ1v) is 6.73. The summed E-state index contributed by atoms with van der Waals surface area (Å²) in [5.74, 6) is 0.173. The third-order valence-corrected chi connectivity index (χ3v) is 2.96. The van der Waals surface area contributed by atoms with E-state index in [9.17, 15) is 9.59 Å². The molecule has 0 unspecified atom stereocenters. The second kappa shape index (κ2) is 7.21. The lowest BCUT2D eigenvalue weighted by Gasteiger charge is -2.07. The molecule has 0 spiro atoms. The molecule has 1 aromatic carbocycles. The molecule has 0 aliphatic heterocycles. The molecule has 0 radical (unpaired) electrons. The zero-order chi connectivity index (χ0) is 15.9. The number of pyridine rings is 1. The zero-order valence-corrected chi connectivity index (χ0v) is 12.4. The second-order valence-corrected chi connectivity index (χ2v) is 4.65. The first-order chi connectivity index (χ1) is 10.6. The van der Waals surface area contributed by atoms with Crippen LogP contribution in [0.5, 0.6) is 5.88 Å². The van der Waals surface area contributed by atoms with Gasteiger partial charge >= 0.3 is 0 Å². The molecule has 0 aliphatic rings. The number of benzene rings is 1. The molecule has 0 fully saturated rings. The molecule has 2 amide bonds. The first-order valence-electron chi connectivity index (χ1n) is 6.73. The molecule has 0 aliphatic carbocycles. The average molecular weight is 299 g/mol. The maximum atomic E-state index is 12.1. The van der Waals surface area contributed by atoms with Crippen LogP contribution < -0.4 is 15.4 Å². The Morgan fingerprint density at radius 1 is 1.14 bits per heavy atom. The fourth-order valence-corrected chi connectivity index (χ4v) is 1.78. The van der Waals surface area contributed by atoms with Crippen LogP contribution >= 0.6 is 0 Å². The van der Waals surface area contributed by atoms with Crippen LogP contribution in [0.25, 0.3) is 0 Å². The van der Waals surface area contributed by atoms with Crippen LogP contribution in [0.2, 0.25) is 0 Å². The maximum absolute atomic E-state index is 12.1. The number of hydrogen-bond acceptors (Lipinski definition) is 4. The Morgan fingerprint density at radius 2 is 1.86 bits per heavy atom. The lowest BCUT2D eigenvalue weighted by atomic mass is 10.1. The van der Waals surface area contributed by atoms with E-state index in [-0.39, 0.29) is 11.8 Å². The maximum Gasteiger partial charge on any atom is 0.255 e. The SMILES string of the molecule is COc1ccc(NC(=O)c2ccc(CNC(C)=O)cc2)cn1. The third-order valence-electron chi connectivity index (χ3n) is 2.96. The summed E-state index contributed by atoms with van der Waals surface area (Å²) >= 11 is 0. The van der Waals surface area contributed by atoms with Crippen LogP contribution in [0.4, 0.5) is 5.69 Å². The average Bonchev–Trinajstić information content (AvgIpc) is 2.54. The monoisotopic (exact) mass is 299 g/mol. The van der Waals surface area contributed by atoms with E-state index in [1.165, 1.54) is 20.2 Å². The molecule has 2 rings (SSSR count). The number of methoxy groups -OCH3 is 1. The molecule has 2 N–H and O–H groups in total. The van der Waals surface area contributed by atoms with Gasteiger partial charge in [-0.25, -0.2) is 4.98 Å². The minimum Gasteiger partial charge on any atom is -0.481 e. The number of nitrogens with one attached hydrogen (secondary N) is 2. The summed E-state index contributed by atoms with van der Waals surface area (Å²) in [5, 5.41) is 5.45. The lowest BCUT2D eigenvalue weighted by molar-refractivity contribution is -0.119. The predicted octanol–water partition coefficient (Wildman–Crippen LogP) is 1.98. The smallest absolute Gasteiger partial charge is 0.255 e. The normalized spacial score (nSPS) is 9.91. The van der Waals surface area contributed by atoms with E-state index >= 15 is 0 Å². The van der Waals surface area contributed by atoms with Crippen molar-refractivity contribution in [3.63, 3.8) is 0 Å². The number of carbonyl (C=O) groups is 2. The highest BCUT2D eigenvalue weighted by Crippen LogP contribution is 2.13. The summed E-state index contributed by atoms with van der Waals surface area (Å²) in [7, 11) is 1.53. The van der Waals surface area contributed by atoms with Gasteiger partial charge in [0.2, 0.25) is 11.8 Å². The fraction of sp³-hybridized carbons (Fsp3) is 0.188. The summed E-state index contributed by atoms with van der Waals surface area (Å²) in [5.41, 5.74) is 2.05. The molecule has 1 aromatic heterocycles. The summed E-state index contributed by atoms with van der Waals surface area (Å²) in [6.45, 7) is 1.91. The summed E-state index contributed by atoms with van der Waals surface area (Å²) in [4.78, 5) is 27.0. The van der Waals surface area contributed by atoms with Gasteiger partial charge in [0, 0.05) is 25.1 Å². The quantitative estimate of drug-likeness (QED) is 0.884. The number of anilines is 1. The minimum absolute atomic E-state index is 0.0891. The molecular formula is C16H17N3O3. The molecule has 22 heavy (non-hydrogen) atoms. The summed E-state index contributed by atoms with van der Waals surface area (Å²) < 4.78 is 4.96. The van der Waals surface area contributed by atoms with Gasteiger partial charge in [-0.1, -0.05) is 12.1 Å². The minimum atomic E-state index is -0.224. The number of nitrogens with zero attached hydrogens (tertiary/aromatic N) is 1. The van der Waals surface area contributed by atoms with E-state index in [0.717, 1.165) is 5.56 Å². The van der Waals surface area contributed by atoms with Crippen LogP contribution in [0.15, 0.2) is 42.6 Å². The predicted molar refractivity (Wildman–Crippen MR) is 82.7 cm³/mol. The van der Waals surface area contributed by atoms with Crippen molar-refractivity contribution >= 4 is 17.5 Å². The Morgan fingerprint density at radius 3 is 2.41 bits per heavy atom. The Bertz CT molecular complexity index is 651. The molecule has 0 saturated heterocycles. The van der Waals surface area contributed by atoms with E-state index in [2.05, 4.69) is 15.6 Å². The first kappa shape index (κ1) is 15.5. The molecule has 0 atom stereocenters. The van der Waals surface area contributed by atoms with Gasteiger partial charge in [-0.05, 0) is 23.8 Å². The molecule has 114 valence electrons. The Kier molecular flexibility index (Phi) is 5.08. The standard InChI is InChI=1S/C16H17N3O3/c1-11(20)17-9-12-3-5-13(6-4-12)16(21)19-14-7-8-15(22-2)18-10-14/h3-8,10H,9H2,1-2H3,(H,17,20)(H,19,21). The summed E-state index contributed by atoms with van der Waals surface area (Å²) in [6, 6.07) is 10.4. The topological polar surface area (TPSA) is 80.3 Å². The highest BCUT2D eigenvalue weighted by atomic mass is 16.5. The van der Waals surface area contributed by atoms with Crippen molar-refractivity contribution in [2.24, 2.45) is 0 Å². The number of carbonyl (C=O) groups excluding carboxylic acids is 2. The number of rotatable bonds is 5. The van der Waals surface area contributed by atoms with E-state index in [4.69, 9.17) is 4.74 Å². The zero-order valence-electron chi connectivity index (χ0n) is 12.4. The lowest BCUT2D eigenvalue weighted by Crippen LogP contribution is -2.19. The van der Waals surface area contributed by atoms with Gasteiger partial charge in [0.05, 0.1) is 19.0 Å². The molecule has 0 saturated carbocycles. The van der Waals surface area contributed by atoms with E-state index in [1.807, 2.05) is 0 Å². The van der Waals surface area contributed by atoms with Gasteiger partial charge < -0.3 is 15.4 Å². The van der Waals surface area contributed by atoms with Crippen molar-refractivity contribution in [3.05, 3.63) is 53.7 Å². The van der Waals surface area contributed by atoms with Crippen molar-refractivity contribution < 1.29 is 14.3 Å². The molecule has 6 heteroatoms. The van der Waals surface area contributed by atoms with E-state index in [1.54, 1.807) is 36.4 Å². The van der Waals surface area contributed by atoms with Gasteiger partial charge in [0.15, 0.2) is 0 Å². The van der Waals surface area contributed by atoms with Crippen LogP contribution in [0, 0.1) is 0 Å². The van der Waals surface area contributed by atoms with E-state index < -0.39 is 0 Å². The van der Waals surface area contributed by atoms with Crippen molar-refractivity contribution in [2.45, 2.75) is 13.5 Å². The van der Waals surface area contributed by atoms with Crippen LogP contribution in [0.3, 0.4) is 0 Å². The van der Waals surface area contributed by atoms with Crippen LogP contribution in [-0.4, -0.2) is 23.9 Å². The Hall–Kier alpha value is -2.89. The van der Waals surface area contributed by atoms with Crippen LogP contribution in [0.1, 0.15) is 22.8 Å². The fourth-order valence-electron chi connectivity index (χ4n) is 1.78.